The molecule has 1 saturated heterocycles. The van der Waals surface area contributed by atoms with E-state index in [-0.39, 0.29) is 23.3 Å². The van der Waals surface area contributed by atoms with Gasteiger partial charge < -0.3 is 20.5 Å². The van der Waals surface area contributed by atoms with Crippen molar-refractivity contribution in [3.05, 3.63) is 72.5 Å². The van der Waals surface area contributed by atoms with E-state index < -0.39 is 5.82 Å². The topological polar surface area (TPSA) is 119 Å². The highest BCUT2D eigenvalue weighted by atomic mass is 19.1. The average molecular weight is 558 g/mol. The number of rotatable bonds is 10. The highest BCUT2D eigenvalue weighted by molar-refractivity contribution is 6.11. The zero-order chi connectivity index (χ0) is 29.8. The van der Waals surface area contributed by atoms with Crippen LogP contribution in [0, 0.1) is 11.7 Å². The summed E-state index contributed by atoms with van der Waals surface area (Å²) in [6, 6.07) is 6.97. The number of aliphatic imine (C=N–C) groups is 3. The van der Waals surface area contributed by atoms with E-state index in [4.69, 9.17) is 15.2 Å². The van der Waals surface area contributed by atoms with E-state index in [9.17, 15) is 0 Å². The number of allylic oxidation sites excluding steroid dienone is 3. The number of fused-ring (bicyclic) bond motifs is 1. The summed E-state index contributed by atoms with van der Waals surface area (Å²) in [7, 11) is 3.42. The van der Waals surface area contributed by atoms with Crippen molar-refractivity contribution >= 4 is 58.9 Å². The average Bonchev–Trinajstić information content (AvgIpc) is 2.94. The van der Waals surface area contributed by atoms with E-state index in [2.05, 4.69) is 43.6 Å². The van der Waals surface area contributed by atoms with Crippen molar-refractivity contribution < 1.29 is 13.9 Å². The molecule has 2 aromatic carbocycles. The normalized spacial score (nSPS) is 14.6. The van der Waals surface area contributed by atoms with Crippen LogP contribution in [0.15, 0.2) is 70.5 Å². The summed E-state index contributed by atoms with van der Waals surface area (Å²) in [5.74, 6) is 0.688. The van der Waals surface area contributed by atoms with Gasteiger partial charge in [-0.25, -0.2) is 14.4 Å². The zero-order valence-corrected chi connectivity index (χ0v) is 23.8. The van der Waals surface area contributed by atoms with Gasteiger partial charge in [-0.1, -0.05) is 18.7 Å². The first-order chi connectivity index (χ1) is 19.9. The van der Waals surface area contributed by atoms with Crippen molar-refractivity contribution in [3.8, 4) is 5.75 Å². The predicted molar refractivity (Wildman–Crippen MR) is 169 cm³/mol. The van der Waals surface area contributed by atoms with Crippen LogP contribution in [0.2, 0.25) is 0 Å². The quantitative estimate of drug-likeness (QED) is 0.288. The molecule has 0 unspecified atom stereocenters. The molecule has 0 radical (unpaired) electrons. The predicted octanol–water partition coefficient (Wildman–Crippen LogP) is 6.16. The van der Waals surface area contributed by atoms with Crippen molar-refractivity contribution in [1.82, 2.24) is 9.97 Å². The van der Waals surface area contributed by atoms with Gasteiger partial charge in [0.2, 0.25) is 0 Å². The summed E-state index contributed by atoms with van der Waals surface area (Å²) >= 11 is 0. The lowest BCUT2D eigenvalue weighted by Crippen LogP contribution is -2.39. The van der Waals surface area contributed by atoms with Crippen LogP contribution in [-0.4, -0.2) is 62.5 Å². The van der Waals surface area contributed by atoms with Crippen LogP contribution >= 0.6 is 0 Å². The van der Waals surface area contributed by atoms with Gasteiger partial charge >= 0.3 is 0 Å². The van der Waals surface area contributed by atoms with Crippen LogP contribution in [0.25, 0.3) is 22.6 Å². The minimum atomic E-state index is -0.511. The number of benzene rings is 2. The number of hydrogen-bond donors (Lipinski definition) is 2. The molecular weight excluding hydrogens is 521 g/mol. The number of nitrogens with zero attached hydrogens (tertiary/aromatic N) is 5. The Kier molecular flexibility index (Phi) is 11.4. The summed E-state index contributed by atoms with van der Waals surface area (Å²) in [5, 5.41) is 3.70. The first kappa shape index (κ1) is 30.8. The summed E-state index contributed by atoms with van der Waals surface area (Å²) in [5.41, 5.74) is 8.80. The van der Waals surface area contributed by atoms with Gasteiger partial charge in [-0.15, -0.1) is 0 Å². The minimum Gasteiger partial charge on any atom is -0.489 e. The number of nitrogens with two attached hydrogens (primary N) is 1. The van der Waals surface area contributed by atoms with E-state index in [0.717, 1.165) is 5.56 Å². The van der Waals surface area contributed by atoms with Crippen LogP contribution in [0.5, 0.6) is 5.75 Å². The van der Waals surface area contributed by atoms with Gasteiger partial charge in [0, 0.05) is 49.8 Å². The summed E-state index contributed by atoms with van der Waals surface area (Å²) < 4.78 is 26.9. The first-order valence-corrected chi connectivity index (χ1v) is 13.0. The molecule has 1 aliphatic heterocycles. The van der Waals surface area contributed by atoms with Crippen molar-refractivity contribution in [3.63, 3.8) is 0 Å². The monoisotopic (exact) mass is 557 g/mol. The molecule has 41 heavy (non-hydrogen) atoms. The van der Waals surface area contributed by atoms with Gasteiger partial charge in [-0.2, -0.15) is 0 Å². The fourth-order valence-corrected chi connectivity index (χ4v) is 3.99. The first-order valence-electron chi connectivity index (χ1n) is 13.0. The molecule has 0 aliphatic carbocycles. The maximum absolute atomic E-state index is 15.2. The van der Waals surface area contributed by atoms with Gasteiger partial charge in [0.05, 0.1) is 35.5 Å². The molecule has 0 saturated carbocycles. The molecule has 0 spiro atoms. The third kappa shape index (κ3) is 7.49. The maximum Gasteiger partial charge on any atom is 0.156 e. The molecular formula is C31H36FN7O2. The Morgan fingerprint density at radius 1 is 1.24 bits per heavy atom. The Morgan fingerprint density at radius 2 is 2.02 bits per heavy atom. The fraction of sp³-hybridized carbons (Fsp3) is 0.258. The van der Waals surface area contributed by atoms with Crippen LogP contribution < -0.4 is 15.8 Å². The third-order valence-electron chi connectivity index (χ3n) is 6.34. The standard InChI is InChI=1S/C26H27FN6O2.C5H9N/c1-5-19-20(30-4)6-7-21(25(19)27)33-26-24-22(31-14-32-26)8-16(17(10-28)11-29-3)9-23(24)35-15(2)18-12-34-13-18;1-3-4-5-6-2/h5-11,14-15,18H,1,4,12-13,28H2,2-3H3,(H,31,32,33);3-5H,1-2H3/b17-10+,29-11?;4-3-,6-5?/t15-;/m0./s1. The largest absolute Gasteiger partial charge is 0.489 e. The number of aromatic nitrogens is 2. The molecule has 2 heterocycles. The highest BCUT2D eigenvalue weighted by Gasteiger charge is 2.28. The number of anilines is 2. The van der Waals surface area contributed by atoms with Crippen molar-refractivity contribution in [1.29, 1.82) is 0 Å². The Labute approximate surface area is 240 Å². The van der Waals surface area contributed by atoms with Gasteiger partial charge in [0.1, 0.15) is 24.0 Å². The van der Waals surface area contributed by atoms with Crippen molar-refractivity contribution in [2.75, 3.05) is 32.6 Å². The van der Waals surface area contributed by atoms with Crippen molar-refractivity contribution in [2.24, 2.45) is 26.6 Å². The second kappa shape index (κ2) is 15.2. The molecule has 1 aliphatic rings. The Hall–Kier alpha value is -4.70. The molecule has 214 valence electrons. The second-order valence-electron chi connectivity index (χ2n) is 9.00. The van der Waals surface area contributed by atoms with Gasteiger partial charge in [-0.05, 0) is 56.5 Å². The fourth-order valence-electron chi connectivity index (χ4n) is 3.99. The molecule has 10 heteroatoms. The maximum atomic E-state index is 15.2. The summed E-state index contributed by atoms with van der Waals surface area (Å²) in [4.78, 5) is 20.5. The molecule has 3 aromatic rings. The summed E-state index contributed by atoms with van der Waals surface area (Å²) in [6.45, 7) is 12.4. The van der Waals surface area contributed by atoms with Gasteiger partial charge in [0.15, 0.2) is 5.82 Å². The van der Waals surface area contributed by atoms with E-state index in [1.54, 1.807) is 38.7 Å². The van der Waals surface area contributed by atoms with E-state index in [1.165, 1.54) is 18.6 Å². The number of hydrogen-bond acceptors (Lipinski definition) is 9. The molecule has 1 atom stereocenters. The second-order valence-corrected chi connectivity index (χ2v) is 9.00. The minimum absolute atomic E-state index is 0.123. The number of ether oxygens (including phenoxy) is 2. The Bertz CT molecular complexity index is 1480. The lowest BCUT2D eigenvalue weighted by atomic mass is 10.0. The molecule has 9 nitrogen and oxygen atoms in total. The highest BCUT2D eigenvalue weighted by Crippen LogP contribution is 2.37. The molecule has 1 aromatic heterocycles. The van der Waals surface area contributed by atoms with Gasteiger partial charge in [-0.3, -0.25) is 15.0 Å². The van der Waals surface area contributed by atoms with E-state index in [1.807, 2.05) is 38.1 Å². The molecule has 0 bridgehead atoms. The number of halogens is 1. The van der Waals surface area contributed by atoms with Crippen LogP contribution in [0.1, 0.15) is 25.0 Å². The molecule has 0 amide bonds. The van der Waals surface area contributed by atoms with Crippen molar-refractivity contribution in [2.45, 2.75) is 20.0 Å². The lowest BCUT2D eigenvalue weighted by Gasteiger charge is -2.32. The van der Waals surface area contributed by atoms with Crippen LogP contribution in [-0.2, 0) is 4.74 Å². The third-order valence-corrected chi connectivity index (χ3v) is 6.34. The molecule has 3 N–H and O–H groups in total. The Balaban J connectivity index is 0.000000696. The van der Waals surface area contributed by atoms with E-state index in [0.29, 0.717) is 46.9 Å². The zero-order valence-electron chi connectivity index (χ0n) is 23.8. The van der Waals surface area contributed by atoms with Gasteiger partial charge in [0.25, 0.3) is 0 Å². The lowest BCUT2D eigenvalue weighted by molar-refractivity contribution is -0.0773. The summed E-state index contributed by atoms with van der Waals surface area (Å²) in [6.07, 6.45) is 11.4. The Morgan fingerprint density at radius 3 is 2.59 bits per heavy atom. The SMILES string of the molecule is C/C=C\C=NC.C=Cc1c(N=C)ccc(Nc2ncnc3cc(/C(C=NC)=C/N)cc(O[C@@H](C)C4COC4)c23)c1F. The van der Waals surface area contributed by atoms with Crippen LogP contribution in [0.3, 0.4) is 0 Å². The molecule has 1 fully saturated rings. The number of nitrogens with one attached hydrogen (secondary N) is 1. The van der Waals surface area contributed by atoms with Crippen LogP contribution in [0.4, 0.5) is 21.6 Å². The smallest absolute Gasteiger partial charge is 0.156 e. The molecule has 4 rings (SSSR count). The van der Waals surface area contributed by atoms with E-state index >= 15 is 4.39 Å².